The first kappa shape index (κ1) is 20.5. The van der Waals surface area contributed by atoms with Gasteiger partial charge in [0.05, 0.1) is 5.56 Å². The Hall–Kier alpha value is -2.37. The number of hydrogen-bond donors (Lipinski definition) is 1. The van der Waals surface area contributed by atoms with E-state index in [0.717, 1.165) is 24.2 Å². The van der Waals surface area contributed by atoms with E-state index in [1.165, 1.54) is 50.7 Å². The summed E-state index contributed by atoms with van der Waals surface area (Å²) in [7, 11) is 0. The Labute approximate surface area is 182 Å². The summed E-state index contributed by atoms with van der Waals surface area (Å²) in [5.41, 5.74) is 1.12. The lowest BCUT2D eigenvalue weighted by molar-refractivity contribution is -0.0727. The van der Waals surface area contributed by atoms with Crippen molar-refractivity contribution in [1.29, 1.82) is 0 Å². The van der Waals surface area contributed by atoms with Crippen LogP contribution in [0.1, 0.15) is 73.7 Å². The van der Waals surface area contributed by atoms with Gasteiger partial charge >= 0.3 is 0 Å². The van der Waals surface area contributed by atoms with E-state index in [0.29, 0.717) is 17.1 Å². The number of amides is 1. The Kier molecular flexibility index (Phi) is 5.27. The van der Waals surface area contributed by atoms with Gasteiger partial charge in [-0.3, -0.25) is 4.79 Å². The smallest absolute Gasteiger partial charge is 0.274 e. The van der Waals surface area contributed by atoms with E-state index in [9.17, 15) is 9.18 Å². The van der Waals surface area contributed by atoms with Crippen molar-refractivity contribution in [3.05, 3.63) is 47.1 Å². The summed E-state index contributed by atoms with van der Waals surface area (Å²) in [6, 6.07) is 6.12. The molecule has 166 valence electrons. The molecule has 0 spiro atoms. The highest BCUT2D eigenvalue weighted by molar-refractivity contribution is 5.94. The van der Waals surface area contributed by atoms with Crippen LogP contribution in [-0.4, -0.2) is 17.1 Å². The number of carbonyl (C=O) groups excluding carboxylic acids is 1. The van der Waals surface area contributed by atoms with Crippen LogP contribution in [0.25, 0.3) is 0 Å². The van der Waals surface area contributed by atoms with Gasteiger partial charge < -0.3 is 14.6 Å². The molecule has 0 radical (unpaired) electrons. The molecule has 2 aromatic rings. The van der Waals surface area contributed by atoms with Gasteiger partial charge in [-0.25, -0.2) is 4.39 Å². The summed E-state index contributed by atoms with van der Waals surface area (Å²) in [4.78, 5) is 13.3. The van der Waals surface area contributed by atoms with E-state index in [1.54, 1.807) is 19.1 Å². The zero-order valence-corrected chi connectivity index (χ0v) is 18.3. The molecule has 4 saturated carbocycles. The third-order valence-electron chi connectivity index (χ3n) is 7.92. The van der Waals surface area contributed by atoms with Crippen molar-refractivity contribution in [3.8, 4) is 5.75 Å². The molecule has 6 heteroatoms. The summed E-state index contributed by atoms with van der Waals surface area (Å²) in [6.07, 6.45) is 8.79. The van der Waals surface area contributed by atoms with Crippen LogP contribution in [0, 0.1) is 35.9 Å². The van der Waals surface area contributed by atoms with Crippen LogP contribution in [0.5, 0.6) is 5.75 Å². The number of nitrogens with zero attached hydrogens (tertiary/aromatic N) is 1. The number of nitrogens with one attached hydrogen (secondary N) is 1. The lowest BCUT2D eigenvalue weighted by Gasteiger charge is -2.59. The quantitative estimate of drug-likeness (QED) is 0.642. The van der Waals surface area contributed by atoms with E-state index in [4.69, 9.17) is 9.26 Å². The summed E-state index contributed by atoms with van der Waals surface area (Å²) in [5.74, 6) is 2.90. The first-order valence-electron chi connectivity index (χ1n) is 11.6. The molecule has 6 rings (SSSR count). The third-order valence-corrected chi connectivity index (χ3v) is 7.92. The number of carbonyl (C=O) groups is 1. The van der Waals surface area contributed by atoms with Crippen LogP contribution in [0.2, 0.25) is 0 Å². The van der Waals surface area contributed by atoms with Crippen molar-refractivity contribution in [1.82, 2.24) is 10.5 Å². The number of rotatable bonds is 7. The van der Waals surface area contributed by atoms with Crippen molar-refractivity contribution in [3.63, 3.8) is 0 Å². The number of benzene rings is 1. The molecule has 1 unspecified atom stereocenters. The standard InChI is InChI=1S/C25H31FN2O3/c1-3-22(25-11-16-7-17(12-25)9-18(8-16)13-25)27-24(29)23-21(15(2)31-28-23)14-30-20-6-4-5-19(26)10-20/h4-6,10,16-18,22H,3,7-9,11-14H2,1-2H3,(H,27,29). The first-order chi connectivity index (χ1) is 15.0. The van der Waals surface area contributed by atoms with Gasteiger partial charge in [-0.05, 0) is 87.2 Å². The van der Waals surface area contributed by atoms with Crippen molar-refractivity contribution < 1.29 is 18.4 Å². The van der Waals surface area contributed by atoms with Crippen LogP contribution in [0.3, 0.4) is 0 Å². The second-order valence-electron chi connectivity index (χ2n) is 10.0. The maximum absolute atomic E-state index is 13.4. The lowest BCUT2D eigenvalue weighted by atomic mass is 9.47. The number of aromatic nitrogens is 1. The molecule has 1 aromatic carbocycles. The van der Waals surface area contributed by atoms with E-state index in [2.05, 4.69) is 17.4 Å². The van der Waals surface area contributed by atoms with Gasteiger partial charge in [0.1, 0.15) is 23.9 Å². The highest BCUT2D eigenvalue weighted by atomic mass is 19.1. The van der Waals surface area contributed by atoms with Crippen molar-refractivity contribution >= 4 is 5.91 Å². The Morgan fingerprint density at radius 2 is 1.94 bits per heavy atom. The average Bonchev–Trinajstić information content (AvgIpc) is 3.10. The molecule has 5 nitrogen and oxygen atoms in total. The van der Waals surface area contributed by atoms with E-state index >= 15 is 0 Å². The van der Waals surface area contributed by atoms with Crippen LogP contribution >= 0.6 is 0 Å². The molecular weight excluding hydrogens is 395 g/mol. The zero-order valence-electron chi connectivity index (χ0n) is 18.3. The predicted molar refractivity (Wildman–Crippen MR) is 114 cm³/mol. The van der Waals surface area contributed by atoms with Gasteiger partial charge in [0, 0.05) is 12.1 Å². The molecule has 1 aromatic heterocycles. The summed E-state index contributed by atoms with van der Waals surface area (Å²) in [5, 5.41) is 7.36. The highest BCUT2D eigenvalue weighted by Crippen LogP contribution is 2.61. The molecule has 0 aliphatic heterocycles. The minimum absolute atomic E-state index is 0.107. The first-order valence-corrected chi connectivity index (χ1v) is 11.6. The summed E-state index contributed by atoms with van der Waals surface area (Å²) >= 11 is 0. The SMILES string of the molecule is CCC(NC(=O)c1noc(C)c1COc1cccc(F)c1)C12CC3CC(CC(C3)C1)C2. The van der Waals surface area contributed by atoms with Gasteiger partial charge in [-0.1, -0.05) is 18.1 Å². The Bertz CT molecular complexity index is 934. The minimum atomic E-state index is -0.362. The van der Waals surface area contributed by atoms with Crippen LogP contribution in [0.15, 0.2) is 28.8 Å². The van der Waals surface area contributed by atoms with E-state index in [-0.39, 0.29) is 35.5 Å². The third kappa shape index (κ3) is 3.85. The van der Waals surface area contributed by atoms with E-state index < -0.39 is 0 Å². The molecule has 4 aliphatic rings. The maximum atomic E-state index is 13.4. The fourth-order valence-electron chi connectivity index (χ4n) is 6.97. The maximum Gasteiger partial charge on any atom is 0.274 e. The number of aryl methyl sites for hydroxylation is 1. The van der Waals surface area contributed by atoms with E-state index in [1.807, 2.05) is 0 Å². The normalized spacial score (nSPS) is 29.7. The van der Waals surface area contributed by atoms with Crippen LogP contribution in [-0.2, 0) is 6.61 Å². The monoisotopic (exact) mass is 426 g/mol. The molecule has 4 aliphatic carbocycles. The molecule has 4 bridgehead atoms. The highest BCUT2D eigenvalue weighted by Gasteiger charge is 2.54. The van der Waals surface area contributed by atoms with Crippen molar-refractivity contribution in [2.75, 3.05) is 0 Å². The molecular formula is C25H31FN2O3. The summed E-state index contributed by atoms with van der Waals surface area (Å²) in [6.45, 7) is 4.05. The predicted octanol–water partition coefficient (Wildman–Crippen LogP) is 5.43. The fourth-order valence-corrected chi connectivity index (χ4v) is 6.97. The van der Waals surface area contributed by atoms with Crippen molar-refractivity contribution in [2.45, 2.75) is 71.4 Å². The topological polar surface area (TPSA) is 64.4 Å². The summed E-state index contributed by atoms with van der Waals surface area (Å²) < 4.78 is 24.5. The second-order valence-corrected chi connectivity index (χ2v) is 10.0. The van der Waals surface area contributed by atoms with Crippen molar-refractivity contribution in [2.24, 2.45) is 23.2 Å². The second kappa shape index (κ2) is 7.95. The lowest BCUT2D eigenvalue weighted by Crippen LogP contribution is -2.56. The number of hydrogen-bond acceptors (Lipinski definition) is 4. The molecule has 1 heterocycles. The van der Waals surface area contributed by atoms with Gasteiger partial charge in [0.15, 0.2) is 5.69 Å². The largest absolute Gasteiger partial charge is 0.489 e. The average molecular weight is 427 g/mol. The molecule has 4 fully saturated rings. The Balaban J connectivity index is 1.31. The van der Waals surface area contributed by atoms with Crippen LogP contribution < -0.4 is 10.1 Å². The van der Waals surface area contributed by atoms with Gasteiger partial charge in [-0.15, -0.1) is 0 Å². The van der Waals surface area contributed by atoms with Gasteiger partial charge in [-0.2, -0.15) is 0 Å². The van der Waals surface area contributed by atoms with Crippen LogP contribution in [0.4, 0.5) is 4.39 Å². The molecule has 1 atom stereocenters. The Morgan fingerprint density at radius 1 is 1.26 bits per heavy atom. The Morgan fingerprint density at radius 3 is 2.55 bits per heavy atom. The van der Waals surface area contributed by atoms with Gasteiger partial charge in [0.2, 0.25) is 0 Å². The molecule has 1 amide bonds. The molecule has 1 N–H and O–H groups in total. The number of ether oxygens (including phenoxy) is 1. The van der Waals surface area contributed by atoms with Gasteiger partial charge in [0.25, 0.3) is 5.91 Å². The zero-order chi connectivity index (χ0) is 21.6. The molecule has 31 heavy (non-hydrogen) atoms. The fraction of sp³-hybridized carbons (Fsp3) is 0.600. The minimum Gasteiger partial charge on any atom is -0.489 e. The molecule has 0 saturated heterocycles. The number of halogens is 1.